The van der Waals surface area contributed by atoms with E-state index >= 15 is 4.39 Å². The van der Waals surface area contributed by atoms with Gasteiger partial charge in [-0.05, 0) is 0 Å². The number of carbonyl (C=O) groups excluding carboxylic acids is 5. The molecular formula is C17H23FO11. The van der Waals surface area contributed by atoms with Crippen LogP contribution in [0.3, 0.4) is 0 Å². The number of methoxy groups -OCH3 is 1. The molecule has 1 aliphatic heterocycles. The lowest BCUT2D eigenvalue weighted by Gasteiger charge is -2.43. The van der Waals surface area contributed by atoms with Crippen molar-refractivity contribution < 1.29 is 56.8 Å². The van der Waals surface area contributed by atoms with Crippen molar-refractivity contribution in [3.8, 4) is 0 Å². The molecule has 0 aromatic carbocycles. The molecule has 164 valence electrons. The van der Waals surface area contributed by atoms with Gasteiger partial charge in [0.2, 0.25) is 0 Å². The quantitative estimate of drug-likeness (QED) is 0.403. The third-order valence-electron chi connectivity index (χ3n) is 3.72. The zero-order valence-corrected chi connectivity index (χ0v) is 16.6. The SMILES string of the molecule is COC(=O)[C@@]1(F)C[C@@H](OC(C)=O)[C@@H](OC(C)=O)C([C@@H](COC(C)=O)OC(C)=O)O1. The van der Waals surface area contributed by atoms with Crippen molar-refractivity contribution in [3.05, 3.63) is 0 Å². The van der Waals surface area contributed by atoms with Crippen LogP contribution in [0.15, 0.2) is 0 Å². The van der Waals surface area contributed by atoms with E-state index < -0.39 is 73.1 Å². The molecule has 0 saturated carbocycles. The van der Waals surface area contributed by atoms with Gasteiger partial charge in [-0.1, -0.05) is 0 Å². The van der Waals surface area contributed by atoms with E-state index in [1.165, 1.54) is 0 Å². The van der Waals surface area contributed by atoms with E-state index in [0.29, 0.717) is 0 Å². The summed E-state index contributed by atoms with van der Waals surface area (Å²) < 4.78 is 44.7. The average Bonchev–Trinajstić information content (AvgIpc) is 2.58. The highest BCUT2D eigenvalue weighted by Gasteiger charge is 2.58. The summed E-state index contributed by atoms with van der Waals surface area (Å²) in [6.07, 6.45) is -7.00. The second kappa shape index (κ2) is 10.1. The van der Waals surface area contributed by atoms with Crippen molar-refractivity contribution in [2.45, 2.75) is 64.4 Å². The smallest absolute Gasteiger partial charge is 0.371 e. The molecule has 0 aromatic heterocycles. The van der Waals surface area contributed by atoms with Gasteiger partial charge in [-0.25, -0.2) is 4.79 Å². The number of halogens is 1. The van der Waals surface area contributed by atoms with Crippen LogP contribution >= 0.6 is 0 Å². The molecule has 12 heteroatoms. The van der Waals surface area contributed by atoms with Crippen LogP contribution in [0, 0.1) is 0 Å². The van der Waals surface area contributed by atoms with Gasteiger partial charge in [-0.15, -0.1) is 0 Å². The van der Waals surface area contributed by atoms with Crippen molar-refractivity contribution in [1.29, 1.82) is 0 Å². The van der Waals surface area contributed by atoms with Crippen LogP contribution < -0.4 is 0 Å². The molecule has 1 saturated heterocycles. The van der Waals surface area contributed by atoms with Gasteiger partial charge in [-0.3, -0.25) is 19.2 Å². The Hall–Kier alpha value is -2.76. The van der Waals surface area contributed by atoms with Crippen LogP contribution in [0.2, 0.25) is 0 Å². The largest absolute Gasteiger partial charge is 0.465 e. The summed E-state index contributed by atoms with van der Waals surface area (Å²) in [7, 11) is 0.906. The first-order chi connectivity index (χ1) is 13.4. The molecule has 5 atom stereocenters. The maximum Gasteiger partial charge on any atom is 0.371 e. The van der Waals surface area contributed by atoms with Crippen LogP contribution in [0.4, 0.5) is 4.39 Å². The molecule has 11 nitrogen and oxygen atoms in total. The lowest BCUT2D eigenvalue weighted by molar-refractivity contribution is -0.290. The summed E-state index contributed by atoms with van der Waals surface area (Å²) in [5, 5.41) is 0. The van der Waals surface area contributed by atoms with Crippen LogP contribution in [-0.4, -0.2) is 73.8 Å². The minimum absolute atomic E-state index is 0.610. The third kappa shape index (κ3) is 6.97. The number of alkyl halides is 1. The van der Waals surface area contributed by atoms with Gasteiger partial charge in [0.05, 0.1) is 13.5 Å². The lowest BCUT2D eigenvalue weighted by Crippen LogP contribution is -2.62. The zero-order chi connectivity index (χ0) is 22.4. The van der Waals surface area contributed by atoms with E-state index in [4.69, 9.17) is 23.7 Å². The highest BCUT2D eigenvalue weighted by atomic mass is 19.2. The van der Waals surface area contributed by atoms with E-state index in [1.54, 1.807) is 0 Å². The van der Waals surface area contributed by atoms with Crippen LogP contribution in [-0.2, 0) is 52.4 Å². The number of hydrogen-bond acceptors (Lipinski definition) is 11. The van der Waals surface area contributed by atoms with Crippen LogP contribution in [0.1, 0.15) is 34.1 Å². The Balaban J connectivity index is 3.40. The van der Waals surface area contributed by atoms with Crippen molar-refractivity contribution in [1.82, 2.24) is 0 Å². The van der Waals surface area contributed by atoms with E-state index in [-0.39, 0.29) is 0 Å². The molecule has 0 bridgehead atoms. The molecule has 1 rings (SSSR count). The fraction of sp³-hybridized carbons (Fsp3) is 0.706. The average molecular weight is 422 g/mol. The molecule has 1 heterocycles. The Morgan fingerprint density at radius 1 is 1.00 bits per heavy atom. The van der Waals surface area contributed by atoms with Crippen molar-refractivity contribution in [2.75, 3.05) is 13.7 Å². The summed E-state index contributed by atoms with van der Waals surface area (Å²) in [6, 6.07) is 0. The molecule has 1 fully saturated rings. The van der Waals surface area contributed by atoms with Crippen molar-refractivity contribution >= 4 is 29.8 Å². The Bertz CT molecular complexity index is 664. The lowest BCUT2D eigenvalue weighted by atomic mass is 9.92. The molecule has 0 aliphatic carbocycles. The van der Waals surface area contributed by atoms with Gasteiger partial charge in [-0.2, -0.15) is 4.39 Å². The Labute approximate surface area is 165 Å². The fourth-order valence-electron chi connectivity index (χ4n) is 2.75. The predicted molar refractivity (Wildman–Crippen MR) is 88.6 cm³/mol. The van der Waals surface area contributed by atoms with Crippen molar-refractivity contribution in [3.63, 3.8) is 0 Å². The summed E-state index contributed by atoms with van der Waals surface area (Å²) >= 11 is 0. The Kier molecular flexibility index (Phi) is 8.49. The first-order valence-electron chi connectivity index (χ1n) is 8.49. The summed E-state index contributed by atoms with van der Waals surface area (Å²) in [4.78, 5) is 57.6. The zero-order valence-electron chi connectivity index (χ0n) is 16.6. The van der Waals surface area contributed by atoms with Crippen molar-refractivity contribution in [2.24, 2.45) is 0 Å². The first kappa shape index (κ1) is 24.3. The monoisotopic (exact) mass is 422 g/mol. The number of esters is 5. The molecule has 0 spiro atoms. The standard InChI is InChI=1S/C17H23FO11/c1-8(19)25-7-13(27-10(3)21)15-14(28-11(4)22)12(26-9(2)20)6-17(18,29-15)16(23)24-5/h12-15H,6-7H2,1-5H3/t12-,13-,14-,15?,17-/m1/s1. The molecule has 29 heavy (non-hydrogen) atoms. The summed E-state index contributed by atoms with van der Waals surface area (Å²) in [6.45, 7) is 3.55. The van der Waals surface area contributed by atoms with E-state index in [1.807, 2.05) is 0 Å². The topological polar surface area (TPSA) is 141 Å². The molecule has 0 amide bonds. The molecule has 0 radical (unpaired) electrons. The number of carbonyl (C=O) groups is 5. The maximum absolute atomic E-state index is 15.2. The van der Waals surface area contributed by atoms with E-state index in [0.717, 1.165) is 34.8 Å². The summed E-state index contributed by atoms with van der Waals surface area (Å²) in [5.74, 6) is -7.88. The van der Waals surface area contributed by atoms with Crippen LogP contribution in [0.5, 0.6) is 0 Å². The predicted octanol–water partition coefficient (Wildman–Crippen LogP) is -0.0277. The van der Waals surface area contributed by atoms with E-state index in [9.17, 15) is 24.0 Å². The maximum atomic E-state index is 15.2. The molecule has 1 aliphatic rings. The van der Waals surface area contributed by atoms with Gasteiger partial charge in [0.25, 0.3) is 0 Å². The normalized spacial score (nSPS) is 27.2. The molecule has 0 aromatic rings. The summed E-state index contributed by atoms with van der Waals surface area (Å²) in [5.41, 5.74) is 0. The minimum Gasteiger partial charge on any atom is -0.465 e. The fourth-order valence-corrected chi connectivity index (χ4v) is 2.75. The molecule has 1 unspecified atom stereocenters. The highest BCUT2D eigenvalue weighted by Crippen LogP contribution is 2.37. The van der Waals surface area contributed by atoms with Gasteiger partial charge in [0.15, 0.2) is 12.2 Å². The number of hydrogen-bond donors (Lipinski definition) is 0. The Morgan fingerprint density at radius 3 is 2.03 bits per heavy atom. The Morgan fingerprint density at radius 2 is 1.59 bits per heavy atom. The molecular weight excluding hydrogens is 399 g/mol. The van der Waals surface area contributed by atoms with E-state index in [2.05, 4.69) is 4.74 Å². The van der Waals surface area contributed by atoms with Gasteiger partial charge in [0.1, 0.15) is 18.8 Å². The second-order valence-electron chi connectivity index (χ2n) is 6.18. The van der Waals surface area contributed by atoms with Gasteiger partial charge >= 0.3 is 35.7 Å². The number of rotatable bonds is 7. The number of ether oxygens (including phenoxy) is 6. The molecule has 0 N–H and O–H groups in total. The highest BCUT2D eigenvalue weighted by molar-refractivity contribution is 5.78. The third-order valence-corrected chi connectivity index (χ3v) is 3.72. The van der Waals surface area contributed by atoms with Crippen LogP contribution in [0.25, 0.3) is 0 Å². The minimum atomic E-state index is -3.12. The second-order valence-corrected chi connectivity index (χ2v) is 6.18. The van der Waals surface area contributed by atoms with Gasteiger partial charge < -0.3 is 28.4 Å². The van der Waals surface area contributed by atoms with Gasteiger partial charge in [0, 0.05) is 27.7 Å². The first-order valence-corrected chi connectivity index (χ1v) is 8.49.